The van der Waals surface area contributed by atoms with Crippen LogP contribution in [0.3, 0.4) is 0 Å². The van der Waals surface area contributed by atoms with E-state index in [4.69, 9.17) is 14.9 Å². The molecule has 1 aliphatic heterocycles. The summed E-state index contributed by atoms with van der Waals surface area (Å²) in [5.41, 5.74) is 7.18. The molecule has 26 heavy (non-hydrogen) atoms. The van der Waals surface area contributed by atoms with Crippen LogP contribution < -0.4 is 16.1 Å². The Kier molecular flexibility index (Phi) is 3.77. The number of aryl methyl sites for hydroxylation is 1. The minimum absolute atomic E-state index is 0.159. The smallest absolute Gasteiger partial charge is 0.336 e. The predicted octanol–water partition coefficient (Wildman–Crippen LogP) is 3.52. The molecule has 1 aliphatic rings. The standard InChI is InChI=1S/C19H14F3NO3/c1-8-4-17(24)26-18-9(8)2-3-16-11(18)6-15(23)19(25-16)10-5-13(21)14(22)7-12(10)20/h2-5,7,15,19H,6,23H2,1H3/t15-,19-/m0/s1. The SMILES string of the molecule is Cc1cc(=O)oc2c3c(ccc12)O[C@@H](c1cc(F)c(F)cc1F)[C@@H](N)C3. The maximum atomic E-state index is 14.1. The minimum atomic E-state index is -1.28. The molecule has 0 spiro atoms. The summed E-state index contributed by atoms with van der Waals surface area (Å²) in [6.45, 7) is 1.79. The molecule has 0 saturated carbocycles. The van der Waals surface area contributed by atoms with Gasteiger partial charge in [-0.2, -0.15) is 0 Å². The highest BCUT2D eigenvalue weighted by atomic mass is 19.2. The van der Waals surface area contributed by atoms with E-state index in [0.717, 1.165) is 17.0 Å². The van der Waals surface area contributed by atoms with Gasteiger partial charge in [0.25, 0.3) is 0 Å². The van der Waals surface area contributed by atoms with Gasteiger partial charge in [-0.25, -0.2) is 18.0 Å². The summed E-state index contributed by atoms with van der Waals surface area (Å²) in [4.78, 5) is 11.7. The van der Waals surface area contributed by atoms with E-state index in [0.29, 0.717) is 23.0 Å². The Bertz CT molecular complexity index is 1090. The van der Waals surface area contributed by atoms with E-state index in [9.17, 15) is 18.0 Å². The van der Waals surface area contributed by atoms with Crippen molar-refractivity contribution in [2.24, 2.45) is 5.73 Å². The van der Waals surface area contributed by atoms with Crippen LogP contribution in [0.15, 0.2) is 39.5 Å². The van der Waals surface area contributed by atoms with Gasteiger partial charge in [-0.05, 0) is 37.1 Å². The molecule has 2 atom stereocenters. The topological polar surface area (TPSA) is 65.5 Å². The molecule has 0 unspecified atom stereocenters. The summed E-state index contributed by atoms with van der Waals surface area (Å²) in [5, 5.41) is 0.747. The molecular formula is C19H14F3NO3. The molecule has 0 aliphatic carbocycles. The van der Waals surface area contributed by atoms with Crippen molar-refractivity contribution in [2.75, 3.05) is 0 Å². The molecule has 134 valence electrons. The lowest BCUT2D eigenvalue weighted by Gasteiger charge is -2.32. The van der Waals surface area contributed by atoms with E-state index in [1.54, 1.807) is 19.1 Å². The van der Waals surface area contributed by atoms with Crippen molar-refractivity contribution in [1.29, 1.82) is 0 Å². The molecule has 0 amide bonds. The second kappa shape index (κ2) is 5.88. The van der Waals surface area contributed by atoms with Crippen molar-refractivity contribution >= 4 is 11.0 Å². The fraction of sp³-hybridized carbons (Fsp3) is 0.211. The zero-order chi connectivity index (χ0) is 18.6. The number of halogens is 3. The largest absolute Gasteiger partial charge is 0.484 e. The Balaban J connectivity index is 1.84. The predicted molar refractivity (Wildman–Crippen MR) is 88.6 cm³/mol. The number of ether oxygens (including phenoxy) is 1. The Morgan fingerprint density at radius 1 is 1.08 bits per heavy atom. The van der Waals surface area contributed by atoms with Crippen LogP contribution in [-0.2, 0) is 6.42 Å². The van der Waals surface area contributed by atoms with Crippen LogP contribution in [0.2, 0.25) is 0 Å². The maximum absolute atomic E-state index is 14.1. The number of rotatable bonds is 1. The van der Waals surface area contributed by atoms with Gasteiger partial charge in [0.2, 0.25) is 0 Å². The van der Waals surface area contributed by atoms with Crippen molar-refractivity contribution in [2.45, 2.75) is 25.5 Å². The fourth-order valence-electron chi connectivity index (χ4n) is 3.34. The normalized spacial score (nSPS) is 19.3. The lowest BCUT2D eigenvalue weighted by molar-refractivity contribution is 0.149. The van der Waals surface area contributed by atoms with E-state index < -0.39 is 35.2 Å². The number of fused-ring (bicyclic) bond motifs is 3. The summed E-state index contributed by atoms with van der Waals surface area (Å²) in [6.07, 6.45) is -0.770. The molecular weight excluding hydrogens is 347 g/mol. The summed E-state index contributed by atoms with van der Waals surface area (Å²) >= 11 is 0. The molecule has 2 aromatic carbocycles. The zero-order valence-corrected chi connectivity index (χ0v) is 13.7. The van der Waals surface area contributed by atoms with Crippen LogP contribution in [0, 0.1) is 24.4 Å². The maximum Gasteiger partial charge on any atom is 0.336 e. The molecule has 2 N–H and O–H groups in total. The van der Waals surface area contributed by atoms with Crippen LogP contribution in [0.1, 0.15) is 22.8 Å². The zero-order valence-electron chi connectivity index (χ0n) is 13.7. The van der Waals surface area contributed by atoms with Gasteiger partial charge in [-0.3, -0.25) is 0 Å². The molecule has 1 aromatic heterocycles. The summed E-state index contributed by atoms with van der Waals surface area (Å²) in [7, 11) is 0. The molecule has 2 heterocycles. The van der Waals surface area contributed by atoms with Gasteiger partial charge in [0.05, 0.1) is 6.04 Å². The van der Waals surface area contributed by atoms with E-state index in [2.05, 4.69) is 0 Å². The van der Waals surface area contributed by atoms with Gasteiger partial charge in [-0.15, -0.1) is 0 Å². The molecule has 4 nitrogen and oxygen atoms in total. The molecule has 0 fully saturated rings. The van der Waals surface area contributed by atoms with Gasteiger partial charge < -0.3 is 14.9 Å². The number of benzene rings is 2. The molecule has 0 bridgehead atoms. The quantitative estimate of drug-likeness (QED) is 0.532. The highest BCUT2D eigenvalue weighted by Gasteiger charge is 2.33. The van der Waals surface area contributed by atoms with E-state index in [-0.39, 0.29) is 12.0 Å². The third-order valence-electron chi connectivity index (χ3n) is 4.61. The van der Waals surface area contributed by atoms with Gasteiger partial charge in [0.15, 0.2) is 11.6 Å². The Hall–Kier alpha value is -2.80. The van der Waals surface area contributed by atoms with Crippen molar-refractivity contribution in [1.82, 2.24) is 0 Å². The summed E-state index contributed by atoms with van der Waals surface area (Å²) in [5.74, 6) is -3.03. The highest BCUT2D eigenvalue weighted by Crippen LogP contribution is 2.39. The summed E-state index contributed by atoms with van der Waals surface area (Å²) < 4.78 is 51.9. The van der Waals surface area contributed by atoms with E-state index in [1.807, 2.05) is 0 Å². The monoisotopic (exact) mass is 361 g/mol. The Morgan fingerprint density at radius 3 is 2.58 bits per heavy atom. The van der Waals surface area contributed by atoms with E-state index >= 15 is 0 Å². The minimum Gasteiger partial charge on any atom is -0.484 e. The average Bonchev–Trinajstić information content (AvgIpc) is 2.58. The van der Waals surface area contributed by atoms with Crippen molar-refractivity contribution in [3.63, 3.8) is 0 Å². The highest BCUT2D eigenvalue weighted by molar-refractivity contribution is 5.85. The number of nitrogens with two attached hydrogens (primary N) is 1. The first-order chi connectivity index (χ1) is 12.3. The van der Waals surface area contributed by atoms with Gasteiger partial charge >= 0.3 is 5.63 Å². The van der Waals surface area contributed by atoms with Gasteiger partial charge in [0.1, 0.15) is 23.3 Å². The molecule has 4 rings (SSSR count). The van der Waals surface area contributed by atoms with Crippen LogP contribution in [0.4, 0.5) is 13.2 Å². The second-order valence-corrected chi connectivity index (χ2v) is 6.36. The third kappa shape index (κ3) is 2.55. The van der Waals surface area contributed by atoms with Crippen LogP contribution in [0.5, 0.6) is 5.75 Å². The van der Waals surface area contributed by atoms with Gasteiger partial charge in [-0.1, -0.05) is 0 Å². The first kappa shape index (κ1) is 16.7. The molecule has 0 saturated heterocycles. The lowest BCUT2D eigenvalue weighted by atomic mass is 9.91. The Labute approximate surface area is 146 Å². The van der Waals surface area contributed by atoms with Crippen molar-refractivity contribution in [3.8, 4) is 5.75 Å². The third-order valence-corrected chi connectivity index (χ3v) is 4.61. The van der Waals surface area contributed by atoms with Crippen LogP contribution >= 0.6 is 0 Å². The van der Waals surface area contributed by atoms with Gasteiger partial charge in [0, 0.05) is 28.6 Å². The molecule has 3 aromatic rings. The fourth-order valence-corrected chi connectivity index (χ4v) is 3.34. The van der Waals surface area contributed by atoms with E-state index in [1.165, 1.54) is 6.07 Å². The van der Waals surface area contributed by atoms with Crippen LogP contribution in [0.25, 0.3) is 11.0 Å². The first-order valence-electron chi connectivity index (χ1n) is 7.98. The second-order valence-electron chi connectivity index (χ2n) is 6.36. The Morgan fingerprint density at radius 2 is 1.81 bits per heavy atom. The average molecular weight is 361 g/mol. The first-order valence-corrected chi connectivity index (χ1v) is 7.98. The van der Waals surface area contributed by atoms with Crippen molar-refractivity contribution < 1.29 is 22.3 Å². The summed E-state index contributed by atoms with van der Waals surface area (Å²) in [6, 6.07) is 5.27. The molecule has 7 heteroatoms. The molecule has 0 radical (unpaired) electrons. The number of hydrogen-bond donors (Lipinski definition) is 1. The number of hydrogen-bond acceptors (Lipinski definition) is 4. The lowest BCUT2D eigenvalue weighted by Crippen LogP contribution is -2.38. The van der Waals surface area contributed by atoms with Crippen LogP contribution in [-0.4, -0.2) is 6.04 Å². The van der Waals surface area contributed by atoms with Crippen molar-refractivity contribution in [3.05, 3.63) is 74.9 Å².